The maximum atomic E-state index is 14.5. The van der Waals surface area contributed by atoms with E-state index in [0.29, 0.717) is 42.9 Å². The third-order valence-electron chi connectivity index (χ3n) is 11.5. The number of amides is 1. The van der Waals surface area contributed by atoms with Crippen molar-refractivity contribution in [2.24, 2.45) is 22.9 Å². The number of allylic oxidation sites excluding steroid dienone is 1. The molecule has 326 valence electrons. The quantitative estimate of drug-likeness (QED) is 0.0447. The number of non-ortho nitro benzene ring substituents is 2. The zero-order valence-corrected chi connectivity index (χ0v) is 34.6. The Morgan fingerprint density at radius 2 is 1.66 bits per heavy atom. The summed E-state index contributed by atoms with van der Waals surface area (Å²) in [6.45, 7) is 8.38. The van der Waals surface area contributed by atoms with Crippen molar-refractivity contribution in [2.45, 2.75) is 83.0 Å². The molecule has 6 atom stereocenters. The summed E-state index contributed by atoms with van der Waals surface area (Å²) < 4.78 is 26.4. The van der Waals surface area contributed by atoms with Gasteiger partial charge in [-0.15, -0.1) is 6.58 Å². The van der Waals surface area contributed by atoms with E-state index in [9.17, 15) is 35.2 Å². The molecule has 16 nitrogen and oxygen atoms in total. The first-order valence-electron chi connectivity index (χ1n) is 20.9. The van der Waals surface area contributed by atoms with Crippen molar-refractivity contribution in [2.75, 3.05) is 33.0 Å². The summed E-state index contributed by atoms with van der Waals surface area (Å²) in [5.74, 6) is -1.21. The standard InChI is InChI=1S/C45H54N4O12/c1-4-22-47(44(52)60-33-18-16-31(17-19-33)48(53)54)41-29-39(46-58-6-3)37-26-30(12-7-9-23-50)36(15-8-10-24-51)42-38-28-35(59-34-14-11-13-32(27-34)49(55)56)20-21-40(38)61-45(41,43(37)42)57-25-5-2/h5,11,13-14,16-21,26-28,30,36,41-43,50-51H,2,4,6-10,12,15,22-25,29H2,1,3H3. The van der Waals surface area contributed by atoms with Crippen LogP contribution in [0.15, 0.2) is 96.2 Å². The number of nitrogens with zero attached hydrogens (tertiary/aromatic N) is 4. The van der Waals surface area contributed by atoms with Crippen LogP contribution in [-0.4, -0.2) is 81.6 Å². The number of nitro groups is 2. The largest absolute Gasteiger partial charge is 0.459 e. The molecule has 1 heterocycles. The third kappa shape index (κ3) is 9.87. The first kappa shape index (κ1) is 44.7. The number of rotatable bonds is 21. The van der Waals surface area contributed by atoms with E-state index in [1.807, 2.05) is 19.9 Å². The van der Waals surface area contributed by atoms with Crippen molar-refractivity contribution in [1.29, 1.82) is 0 Å². The number of carbonyl (C=O) groups is 1. The van der Waals surface area contributed by atoms with Crippen LogP contribution in [0.4, 0.5) is 16.2 Å². The number of fused-ring (bicyclic) bond motifs is 2. The second kappa shape index (κ2) is 20.6. The number of hydrogen-bond donors (Lipinski definition) is 2. The van der Waals surface area contributed by atoms with Crippen LogP contribution in [-0.2, 0) is 9.57 Å². The Labute approximate surface area is 354 Å². The number of nitro benzene ring substituents is 2. The average Bonchev–Trinajstić information content (AvgIpc) is 3.25. The molecule has 1 fully saturated rings. The van der Waals surface area contributed by atoms with Gasteiger partial charge < -0.3 is 34.0 Å². The zero-order valence-electron chi connectivity index (χ0n) is 34.6. The molecule has 61 heavy (non-hydrogen) atoms. The first-order valence-corrected chi connectivity index (χ1v) is 20.9. The minimum absolute atomic E-state index is 0.00637. The number of carbonyl (C=O) groups excluding carboxylic acids is 1. The van der Waals surface area contributed by atoms with Crippen molar-refractivity contribution in [3.8, 4) is 23.0 Å². The molecule has 1 amide bonds. The molecule has 0 spiro atoms. The Morgan fingerprint density at radius 3 is 2.33 bits per heavy atom. The van der Waals surface area contributed by atoms with Crippen molar-refractivity contribution in [3.05, 3.63) is 117 Å². The second-order valence-electron chi connectivity index (χ2n) is 15.4. The van der Waals surface area contributed by atoms with Crippen LogP contribution in [0.3, 0.4) is 0 Å². The Morgan fingerprint density at radius 1 is 0.951 bits per heavy atom. The number of aliphatic hydroxyl groups excluding tert-OH is 2. The normalized spacial score (nSPS) is 23.1. The van der Waals surface area contributed by atoms with Gasteiger partial charge in [0, 0.05) is 55.9 Å². The predicted molar refractivity (Wildman–Crippen MR) is 226 cm³/mol. The fraction of sp³-hybridized carbons (Fsp3) is 0.467. The summed E-state index contributed by atoms with van der Waals surface area (Å²) in [6, 6.07) is 15.8. The molecule has 3 aromatic rings. The van der Waals surface area contributed by atoms with Gasteiger partial charge in [0.25, 0.3) is 11.4 Å². The van der Waals surface area contributed by atoms with Gasteiger partial charge in [0.1, 0.15) is 35.6 Å². The Bertz CT molecular complexity index is 2090. The van der Waals surface area contributed by atoms with Gasteiger partial charge in [-0.05, 0) is 92.8 Å². The van der Waals surface area contributed by atoms with Crippen LogP contribution >= 0.6 is 0 Å². The highest BCUT2D eigenvalue weighted by atomic mass is 16.7. The summed E-state index contributed by atoms with van der Waals surface area (Å²) in [4.78, 5) is 43.8. The zero-order chi connectivity index (χ0) is 43.5. The van der Waals surface area contributed by atoms with Crippen LogP contribution in [0.5, 0.6) is 23.0 Å². The SMILES string of the molecule is C=CCOC12Oc3ccc(Oc4cccc([N+](=O)[O-])c4)cc3C3C(CCCCO)C(CCCCO)C=C(C(=NOCC)CC1N(CCC)C(=O)Oc1ccc([N+](=O)[O-])cc1)C32. The molecular formula is C45H54N4O12. The maximum absolute atomic E-state index is 14.5. The number of hydrogen-bond acceptors (Lipinski definition) is 13. The lowest BCUT2D eigenvalue weighted by Crippen LogP contribution is -2.70. The molecule has 2 N–H and O–H groups in total. The number of oxime groups is 1. The lowest BCUT2D eigenvalue weighted by atomic mass is 9.55. The molecule has 2 aliphatic carbocycles. The van der Waals surface area contributed by atoms with Crippen LogP contribution in [0, 0.1) is 38.0 Å². The minimum Gasteiger partial charge on any atom is -0.459 e. The van der Waals surface area contributed by atoms with Gasteiger partial charge in [0.15, 0.2) is 0 Å². The van der Waals surface area contributed by atoms with E-state index in [1.165, 1.54) is 36.4 Å². The van der Waals surface area contributed by atoms with Gasteiger partial charge in [-0.2, -0.15) is 0 Å². The van der Waals surface area contributed by atoms with Gasteiger partial charge in [-0.1, -0.05) is 43.1 Å². The fourth-order valence-electron chi connectivity index (χ4n) is 9.06. The summed E-state index contributed by atoms with van der Waals surface area (Å²) in [5.41, 5.74) is 2.01. The molecule has 1 saturated carbocycles. The van der Waals surface area contributed by atoms with Crippen LogP contribution in [0.25, 0.3) is 0 Å². The summed E-state index contributed by atoms with van der Waals surface area (Å²) in [5, 5.41) is 47.4. The second-order valence-corrected chi connectivity index (χ2v) is 15.4. The Hall–Kier alpha value is -5.84. The molecule has 16 heteroatoms. The summed E-state index contributed by atoms with van der Waals surface area (Å²) in [6.07, 6.45) is 7.99. The Balaban J connectivity index is 1.55. The van der Waals surface area contributed by atoms with Crippen LogP contribution < -0.4 is 14.2 Å². The molecule has 0 bridgehead atoms. The molecule has 6 unspecified atom stereocenters. The van der Waals surface area contributed by atoms with Crippen molar-refractivity contribution in [1.82, 2.24) is 4.90 Å². The van der Waals surface area contributed by atoms with E-state index in [-0.39, 0.29) is 80.0 Å². The van der Waals surface area contributed by atoms with E-state index >= 15 is 0 Å². The van der Waals surface area contributed by atoms with E-state index in [4.69, 9.17) is 28.9 Å². The number of aliphatic hydroxyl groups is 2. The highest BCUT2D eigenvalue weighted by Crippen LogP contribution is 2.62. The van der Waals surface area contributed by atoms with Crippen molar-refractivity contribution < 1.29 is 48.6 Å². The van der Waals surface area contributed by atoms with Gasteiger partial charge in [-0.3, -0.25) is 25.1 Å². The molecule has 0 aromatic heterocycles. The topological polar surface area (TPSA) is 206 Å². The van der Waals surface area contributed by atoms with Crippen molar-refractivity contribution >= 4 is 23.2 Å². The van der Waals surface area contributed by atoms with Gasteiger partial charge in [0.2, 0.25) is 5.79 Å². The monoisotopic (exact) mass is 842 g/mol. The number of benzene rings is 3. The van der Waals surface area contributed by atoms with Crippen molar-refractivity contribution in [3.63, 3.8) is 0 Å². The summed E-state index contributed by atoms with van der Waals surface area (Å²) in [7, 11) is 0. The molecule has 6 rings (SSSR count). The number of unbranched alkanes of at least 4 members (excludes halogenated alkanes) is 2. The molecular weight excluding hydrogens is 789 g/mol. The van der Waals surface area contributed by atoms with Gasteiger partial charge in [-0.25, -0.2) is 4.79 Å². The Kier molecular flexibility index (Phi) is 15.1. The highest BCUT2D eigenvalue weighted by Gasteiger charge is 2.65. The van der Waals surface area contributed by atoms with Gasteiger partial charge in [0.05, 0.1) is 34.1 Å². The molecule has 3 aliphatic rings. The maximum Gasteiger partial charge on any atom is 0.415 e. The molecule has 0 radical (unpaired) electrons. The van der Waals surface area contributed by atoms with Gasteiger partial charge >= 0.3 is 6.09 Å². The van der Waals surface area contributed by atoms with E-state index < -0.39 is 33.7 Å². The van der Waals surface area contributed by atoms with E-state index in [1.54, 1.807) is 35.2 Å². The van der Waals surface area contributed by atoms with E-state index in [0.717, 1.165) is 30.4 Å². The third-order valence-corrected chi connectivity index (χ3v) is 11.5. The molecule has 3 aromatic carbocycles. The lowest BCUT2D eigenvalue weighted by molar-refractivity contribution is -0.385. The highest BCUT2D eigenvalue weighted by molar-refractivity contribution is 6.03. The molecule has 0 saturated heterocycles. The average molecular weight is 843 g/mol. The minimum atomic E-state index is -1.54. The first-order chi connectivity index (χ1) is 29.6. The lowest BCUT2D eigenvalue weighted by Gasteiger charge is -2.59. The van der Waals surface area contributed by atoms with Crippen LogP contribution in [0.1, 0.15) is 76.7 Å². The van der Waals surface area contributed by atoms with Crippen LogP contribution in [0.2, 0.25) is 0 Å². The predicted octanol–water partition coefficient (Wildman–Crippen LogP) is 8.86. The van der Waals surface area contributed by atoms with E-state index in [2.05, 4.69) is 12.7 Å². The summed E-state index contributed by atoms with van der Waals surface area (Å²) >= 11 is 0. The number of ether oxygens (including phenoxy) is 4. The molecule has 1 aliphatic heterocycles. The smallest absolute Gasteiger partial charge is 0.415 e. The fourth-order valence-corrected chi connectivity index (χ4v) is 9.06.